The molecule has 1 unspecified atom stereocenters. The van der Waals surface area contributed by atoms with E-state index < -0.39 is 0 Å². The Bertz CT molecular complexity index is 371. The lowest BCUT2D eigenvalue weighted by Gasteiger charge is -2.14. The summed E-state index contributed by atoms with van der Waals surface area (Å²) in [6, 6.07) is 5.02. The molecule has 0 aromatic heterocycles. The zero-order chi connectivity index (χ0) is 11.3. The highest BCUT2D eigenvalue weighted by Gasteiger charge is 2.12. The van der Waals surface area contributed by atoms with Crippen molar-refractivity contribution in [2.45, 2.75) is 6.04 Å². The first kappa shape index (κ1) is 11.4. The summed E-state index contributed by atoms with van der Waals surface area (Å²) in [6.45, 7) is 0. The van der Waals surface area contributed by atoms with Gasteiger partial charge < -0.3 is 9.47 Å². The molecule has 80 valence electrons. The number of rotatable bonds is 4. The number of nitrogens with one attached hydrogen (secondary N) is 1. The molecule has 0 aliphatic heterocycles. The number of hydrogen-bond donors (Lipinski definition) is 2. The first-order valence-corrected chi connectivity index (χ1v) is 4.41. The zero-order valence-corrected chi connectivity index (χ0v) is 8.78. The van der Waals surface area contributed by atoms with E-state index in [4.69, 9.17) is 21.7 Å². The van der Waals surface area contributed by atoms with Crippen LogP contribution in [-0.2, 0) is 0 Å². The summed E-state index contributed by atoms with van der Waals surface area (Å²) >= 11 is 0. The van der Waals surface area contributed by atoms with Gasteiger partial charge in [0.05, 0.1) is 14.2 Å². The number of nitrogens with two attached hydrogens (primary N) is 1. The van der Waals surface area contributed by atoms with Crippen molar-refractivity contribution in [1.82, 2.24) is 5.43 Å². The van der Waals surface area contributed by atoms with Crippen molar-refractivity contribution in [3.8, 4) is 23.8 Å². The molecule has 0 radical (unpaired) electrons. The van der Waals surface area contributed by atoms with Crippen LogP contribution in [0.1, 0.15) is 11.6 Å². The number of hydrazine groups is 1. The van der Waals surface area contributed by atoms with Gasteiger partial charge in [0.2, 0.25) is 0 Å². The molecule has 1 atom stereocenters. The van der Waals surface area contributed by atoms with Crippen LogP contribution >= 0.6 is 0 Å². The van der Waals surface area contributed by atoms with Crippen molar-refractivity contribution in [3.05, 3.63) is 23.8 Å². The topological polar surface area (TPSA) is 56.5 Å². The fraction of sp³-hybridized carbons (Fsp3) is 0.273. The molecule has 0 saturated carbocycles. The predicted octanol–water partition coefficient (Wildman–Crippen LogP) is 0.841. The summed E-state index contributed by atoms with van der Waals surface area (Å²) in [4.78, 5) is 0. The molecule has 0 aliphatic rings. The van der Waals surface area contributed by atoms with Gasteiger partial charge in [0.1, 0.15) is 17.5 Å². The number of methoxy groups -OCH3 is 2. The molecule has 0 spiro atoms. The van der Waals surface area contributed by atoms with Crippen LogP contribution in [0.15, 0.2) is 18.2 Å². The van der Waals surface area contributed by atoms with Gasteiger partial charge in [-0.3, -0.25) is 5.84 Å². The maximum Gasteiger partial charge on any atom is 0.128 e. The van der Waals surface area contributed by atoms with Gasteiger partial charge in [-0.1, -0.05) is 5.92 Å². The highest BCUT2D eigenvalue weighted by Crippen LogP contribution is 2.28. The summed E-state index contributed by atoms with van der Waals surface area (Å²) in [5, 5.41) is 0. The molecular formula is C11H14N2O2. The lowest BCUT2D eigenvalue weighted by molar-refractivity contribution is 0.388. The fourth-order valence-corrected chi connectivity index (χ4v) is 1.28. The second kappa shape index (κ2) is 5.25. The van der Waals surface area contributed by atoms with Crippen molar-refractivity contribution in [1.29, 1.82) is 0 Å². The molecule has 3 N–H and O–H groups in total. The van der Waals surface area contributed by atoms with Crippen molar-refractivity contribution in [3.63, 3.8) is 0 Å². The summed E-state index contributed by atoms with van der Waals surface area (Å²) in [5.41, 5.74) is 3.33. The van der Waals surface area contributed by atoms with Crippen molar-refractivity contribution in [2.24, 2.45) is 5.84 Å². The zero-order valence-electron chi connectivity index (χ0n) is 8.78. The van der Waals surface area contributed by atoms with E-state index in [-0.39, 0.29) is 6.04 Å². The molecule has 0 fully saturated rings. The first-order chi connectivity index (χ1) is 7.26. The molecule has 15 heavy (non-hydrogen) atoms. The Morgan fingerprint density at radius 3 is 2.60 bits per heavy atom. The van der Waals surface area contributed by atoms with Gasteiger partial charge in [-0.2, -0.15) is 0 Å². The minimum Gasteiger partial charge on any atom is -0.497 e. The maximum absolute atomic E-state index is 5.33. The van der Waals surface area contributed by atoms with Crippen LogP contribution in [0.2, 0.25) is 0 Å². The van der Waals surface area contributed by atoms with Crippen LogP contribution < -0.4 is 20.7 Å². The van der Waals surface area contributed by atoms with Gasteiger partial charge in [0, 0.05) is 11.6 Å². The van der Waals surface area contributed by atoms with E-state index in [1.165, 1.54) is 0 Å². The summed E-state index contributed by atoms with van der Waals surface area (Å²) in [6.07, 6.45) is 5.33. The highest BCUT2D eigenvalue weighted by molar-refractivity contribution is 5.44. The largest absolute Gasteiger partial charge is 0.497 e. The van der Waals surface area contributed by atoms with Gasteiger partial charge in [0.15, 0.2) is 0 Å². The fourth-order valence-electron chi connectivity index (χ4n) is 1.28. The van der Waals surface area contributed by atoms with Crippen LogP contribution in [0.3, 0.4) is 0 Å². The third-order valence-electron chi connectivity index (χ3n) is 2.08. The molecule has 0 aliphatic carbocycles. The van der Waals surface area contributed by atoms with Crippen molar-refractivity contribution in [2.75, 3.05) is 14.2 Å². The second-order valence-electron chi connectivity index (χ2n) is 2.87. The summed E-state index contributed by atoms with van der Waals surface area (Å²) < 4.78 is 10.3. The van der Waals surface area contributed by atoms with E-state index in [0.29, 0.717) is 11.5 Å². The molecule has 1 aromatic carbocycles. The molecule has 0 bridgehead atoms. The standard InChI is InChI=1S/C11H14N2O2/c1-4-10(13-12)9-6-5-8(14-2)7-11(9)15-3/h1,5-7,10,13H,12H2,2-3H3. The summed E-state index contributed by atoms with van der Waals surface area (Å²) in [7, 11) is 3.16. The molecular weight excluding hydrogens is 192 g/mol. The monoisotopic (exact) mass is 206 g/mol. The second-order valence-corrected chi connectivity index (χ2v) is 2.87. The molecule has 0 amide bonds. The SMILES string of the molecule is C#CC(NN)c1ccc(OC)cc1OC. The van der Waals surface area contributed by atoms with Crippen LogP contribution in [0.25, 0.3) is 0 Å². The molecule has 1 aromatic rings. The smallest absolute Gasteiger partial charge is 0.128 e. The average Bonchev–Trinajstić information content (AvgIpc) is 2.31. The predicted molar refractivity (Wildman–Crippen MR) is 58.4 cm³/mol. The number of hydrogen-bond acceptors (Lipinski definition) is 4. The van der Waals surface area contributed by atoms with E-state index in [1.54, 1.807) is 26.4 Å². The van der Waals surface area contributed by atoms with E-state index in [2.05, 4.69) is 11.3 Å². The Kier molecular flexibility index (Phi) is 3.98. The molecule has 0 saturated heterocycles. The number of ether oxygens (including phenoxy) is 2. The minimum atomic E-state index is -0.370. The Hall–Kier alpha value is -1.70. The third kappa shape index (κ3) is 2.40. The molecule has 0 heterocycles. The van der Waals surface area contributed by atoms with E-state index in [1.807, 2.05) is 6.07 Å². The molecule has 4 heteroatoms. The number of terminal acetylenes is 1. The lowest BCUT2D eigenvalue weighted by atomic mass is 10.1. The van der Waals surface area contributed by atoms with Gasteiger partial charge in [-0.05, 0) is 12.1 Å². The normalized spacial score (nSPS) is 11.6. The van der Waals surface area contributed by atoms with Crippen LogP contribution in [0.5, 0.6) is 11.5 Å². The van der Waals surface area contributed by atoms with E-state index >= 15 is 0 Å². The maximum atomic E-state index is 5.33. The van der Waals surface area contributed by atoms with Crippen molar-refractivity contribution < 1.29 is 9.47 Å². The Balaban J connectivity index is 3.13. The Morgan fingerprint density at radius 2 is 2.13 bits per heavy atom. The van der Waals surface area contributed by atoms with Gasteiger partial charge in [0.25, 0.3) is 0 Å². The third-order valence-corrected chi connectivity index (χ3v) is 2.08. The minimum absolute atomic E-state index is 0.370. The molecule has 4 nitrogen and oxygen atoms in total. The van der Waals surface area contributed by atoms with Crippen LogP contribution in [0.4, 0.5) is 0 Å². The molecule has 1 rings (SSSR count). The first-order valence-electron chi connectivity index (χ1n) is 4.41. The van der Waals surface area contributed by atoms with Gasteiger partial charge in [-0.25, -0.2) is 5.43 Å². The van der Waals surface area contributed by atoms with Gasteiger partial charge >= 0.3 is 0 Å². The van der Waals surface area contributed by atoms with Crippen molar-refractivity contribution >= 4 is 0 Å². The van der Waals surface area contributed by atoms with Gasteiger partial charge in [-0.15, -0.1) is 6.42 Å². The number of benzene rings is 1. The Labute approximate surface area is 89.3 Å². The van der Waals surface area contributed by atoms with Crippen LogP contribution in [0, 0.1) is 12.3 Å². The highest BCUT2D eigenvalue weighted by atomic mass is 16.5. The average molecular weight is 206 g/mol. The summed E-state index contributed by atoms with van der Waals surface area (Å²) in [5.74, 6) is 9.21. The Morgan fingerprint density at radius 1 is 1.40 bits per heavy atom. The van der Waals surface area contributed by atoms with Crippen LogP contribution in [-0.4, -0.2) is 14.2 Å². The van der Waals surface area contributed by atoms with E-state index in [0.717, 1.165) is 5.56 Å². The quantitative estimate of drug-likeness (QED) is 0.435. The van der Waals surface area contributed by atoms with E-state index in [9.17, 15) is 0 Å². The lowest BCUT2D eigenvalue weighted by Crippen LogP contribution is -2.27.